The van der Waals surface area contributed by atoms with E-state index in [1.165, 1.54) is 0 Å². The third-order valence-electron chi connectivity index (χ3n) is 2.68. The molecule has 0 aliphatic rings. The molecule has 0 saturated heterocycles. The Morgan fingerprint density at radius 3 is 2.83 bits per heavy atom. The number of nitrogens with zero attached hydrogens (tertiary/aromatic N) is 1. The second-order valence-electron chi connectivity index (χ2n) is 3.90. The summed E-state index contributed by atoms with van der Waals surface area (Å²) in [7, 11) is 0. The number of carbonyl (C=O) groups excluding carboxylic acids is 1. The molecule has 18 heavy (non-hydrogen) atoms. The molecule has 0 radical (unpaired) electrons. The quantitative estimate of drug-likeness (QED) is 0.812. The highest BCUT2D eigenvalue weighted by Crippen LogP contribution is 2.28. The van der Waals surface area contributed by atoms with Crippen LogP contribution in [0.2, 0.25) is 0 Å². The van der Waals surface area contributed by atoms with Crippen LogP contribution in [0, 0.1) is 6.92 Å². The summed E-state index contributed by atoms with van der Waals surface area (Å²) in [6, 6.07) is 7.72. The second-order valence-corrected chi connectivity index (χ2v) is 3.90. The lowest BCUT2D eigenvalue weighted by Crippen LogP contribution is -2.07. The number of nitrogens with one attached hydrogen (secondary N) is 1. The van der Waals surface area contributed by atoms with Gasteiger partial charge in [-0.15, -0.1) is 0 Å². The number of nitrogen functional groups attached to an aromatic ring is 1. The molecule has 5 heteroatoms. The van der Waals surface area contributed by atoms with Gasteiger partial charge in [0.05, 0.1) is 12.3 Å². The first-order valence-electron chi connectivity index (χ1n) is 5.72. The van der Waals surface area contributed by atoms with Crippen molar-refractivity contribution >= 4 is 11.7 Å². The van der Waals surface area contributed by atoms with E-state index in [2.05, 4.69) is 10.2 Å². The molecule has 0 atom stereocenters. The molecule has 2 rings (SSSR count). The van der Waals surface area contributed by atoms with Gasteiger partial charge in [0.2, 0.25) is 0 Å². The largest absolute Gasteiger partial charge is 0.461 e. The van der Waals surface area contributed by atoms with Crippen LogP contribution >= 0.6 is 0 Å². The van der Waals surface area contributed by atoms with Gasteiger partial charge >= 0.3 is 5.97 Å². The van der Waals surface area contributed by atoms with E-state index in [0.717, 1.165) is 11.1 Å². The zero-order valence-corrected chi connectivity index (χ0v) is 10.4. The van der Waals surface area contributed by atoms with Crippen molar-refractivity contribution in [1.29, 1.82) is 0 Å². The molecule has 1 aromatic heterocycles. The Balaban J connectivity index is 2.43. The van der Waals surface area contributed by atoms with Gasteiger partial charge in [0.15, 0.2) is 5.69 Å². The number of aromatic amines is 1. The second kappa shape index (κ2) is 4.91. The minimum absolute atomic E-state index is 0.204. The molecule has 0 aliphatic carbocycles. The molecule has 1 heterocycles. The lowest BCUT2D eigenvalue weighted by atomic mass is 10.0. The Kier molecular flexibility index (Phi) is 3.32. The SMILES string of the molecule is CCOC(=O)c1[nH]nc(-c2ccccc2C)c1N. The van der Waals surface area contributed by atoms with E-state index in [1.54, 1.807) is 6.92 Å². The third kappa shape index (κ3) is 2.07. The Hall–Kier alpha value is -2.30. The van der Waals surface area contributed by atoms with Crippen LogP contribution in [0.1, 0.15) is 23.0 Å². The fourth-order valence-corrected chi connectivity index (χ4v) is 1.75. The smallest absolute Gasteiger partial charge is 0.358 e. The summed E-state index contributed by atoms with van der Waals surface area (Å²) in [5, 5.41) is 6.73. The minimum Gasteiger partial charge on any atom is -0.461 e. The molecule has 0 unspecified atom stereocenters. The predicted octanol–water partition coefficient (Wildman–Crippen LogP) is 2.14. The van der Waals surface area contributed by atoms with Gasteiger partial charge in [-0.2, -0.15) is 5.10 Å². The maximum atomic E-state index is 11.6. The normalized spacial score (nSPS) is 10.3. The van der Waals surface area contributed by atoms with Gasteiger partial charge in [-0.25, -0.2) is 4.79 Å². The average molecular weight is 245 g/mol. The first-order chi connectivity index (χ1) is 8.65. The van der Waals surface area contributed by atoms with E-state index in [1.807, 2.05) is 31.2 Å². The van der Waals surface area contributed by atoms with Crippen molar-refractivity contribution in [2.45, 2.75) is 13.8 Å². The topological polar surface area (TPSA) is 81.0 Å². The lowest BCUT2D eigenvalue weighted by molar-refractivity contribution is 0.0520. The molecule has 5 nitrogen and oxygen atoms in total. The van der Waals surface area contributed by atoms with Crippen molar-refractivity contribution in [3.8, 4) is 11.3 Å². The van der Waals surface area contributed by atoms with Crippen LogP contribution in [0.25, 0.3) is 11.3 Å². The summed E-state index contributed by atoms with van der Waals surface area (Å²) in [4.78, 5) is 11.6. The van der Waals surface area contributed by atoms with Gasteiger partial charge in [-0.05, 0) is 19.4 Å². The first kappa shape index (κ1) is 12.2. The highest BCUT2D eigenvalue weighted by atomic mass is 16.5. The maximum Gasteiger partial charge on any atom is 0.358 e. The molecule has 0 bridgehead atoms. The van der Waals surface area contributed by atoms with E-state index >= 15 is 0 Å². The number of aromatic nitrogens is 2. The standard InChI is InChI=1S/C13H15N3O2/c1-3-18-13(17)12-10(14)11(15-16-12)9-7-5-4-6-8(9)2/h4-7H,3,14H2,1-2H3,(H,15,16). The Labute approximate surface area is 105 Å². The Bertz CT molecular complexity index is 575. The molecule has 0 aliphatic heterocycles. The molecule has 2 aromatic rings. The van der Waals surface area contributed by atoms with Crippen molar-refractivity contribution in [3.63, 3.8) is 0 Å². The Morgan fingerprint density at radius 2 is 2.17 bits per heavy atom. The minimum atomic E-state index is -0.484. The van der Waals surface area contributed by atoms with Gasteiger partial charge in [0, 0.05) is 5.56 Å². The van der Waals surface area contributed by atoms with Crippen molar-refractivity contribution in [1.82, 2.24) is 10.2 Å². The molecule has 1 aromatic carbocycles. The van der Waals surface area contributed by atoms with Gasteiger partial charge in [0.25, 0.3) is 0 Å². The number of carbonyl (C=O) groups is 1. The summed E-state index contributed by atoms with van der Waals surface area (Å²) in [5.74, 6) is -0.484. The van der Waals surface area contributed by atoms with Crippen molar-refractivity contribution in [2.75, 3.05) is 12.3 Å². The zero-order chi connectivity index (χ0) is 13.1. The molecular weight excluding hydrogens is 230 g/mol. The molecule has 0 saturated carbocycles. The fourth-order valence-electron chi connectivity index (χ4n) is 1.75. The van der Waals surface area contributed by atoms with Crippen LogP contribution in [0.3, 0.4) is 0 Å². The maximum absolute atomic E-state index is 11.6. The van der Waals surface area contributed by atoms with Crippen molar-refractivity contribution < 1.29 is 9.53 Å². The van der Waals surface area contributed by atoms with Crippen LogP contribution in [-0.4, -0.2) is 22.8 Å². The highest BCUT2D eigenvalue weighted by molar-refractivity contribution is 5.97. The van der Waals surface area contributed by atoms with E-state index in [4.69, 9.17) is 10.5 Å². The number of H-pyrrole nitrogens is 1. The first-order valence-corrected chi connectivity index (χ1v) is 5.72. The molecule has 94 valence electrons. The number of hydrogen-bond donors (Lipinski definition) is 2. The van der Waals surface area contributed by atoms with Gasteiger partial charge in [-0.3, -0.25) is 5.10 Å². The zero-order valence-electron chi connectivity index (χ0n) is 10.4. The van der Waals surface area contributed by atoms with Crippen molar-refractivity contribution in [3.05, 3.63) is 35.5 Å². The van der Waals surface area contributed by atoms with Crippen LogP contribution in [0.15, 0.2) is 24.3 Å². The Morgan fingerprint density at radius 1 is 1.44 bits per heavy atom. The number of benzene rings is 1. The summed E-state index contributed by atoms with van der Waals surface area (Å²) in [6.07, 6.45) is 0. The molecule has 3 N–H and O–H groups in total. The van der Waals surface area contributed by atoms with Gasteiger partial charge in [-0.1, -0.05) is 24.3 Å². The molecule has 0 spiro atoms. The van der Waals surface area contributed by atoms with E-state index in [0.29, 0.717) is 18.0 Å². The number of anilines is 1. The van der Waals surface area contributed by atoms with Crippen LogP contribution in [-0.2, 0) is 4.74 Å². The number of rotatable bonds is 3. The number of hydrogen-bond acceptors (Lipinski definition) is 4. The summed E-state index contributed by atoms with van der Waals surface area (Å²) in [6.45, 7) is 4.01. The van der Waals surface area contributed by atoms with Crippen molar-refractivity contribution in [2.24, 2.45) is 0 Å². The highest BCUT2D eigenvalue weighted by Gasteiger charge is 2.19. The fraction of sp³-hybridized carbons (Fsp3) is 0.231. The number of esters is 1. The molecular formula is C13H15N3O2. The predicted molar refractivity (Wildman–Crippen MR) is 69.1 cm³/mol. The van der Waals surface area contributed by atoms with E-state index in [-0.39, 0.29) is 5.69 Å². The number of ether oxygens (including phenoxy) is 1. The monoisotopic (exact) mass is 245 g/mol. The van der Waals surface area contributed by atoms with Gasteiger partial charge in [0.1, 0.15) is 5.69 Å². The third-order valence-corrected chi connectivity index (χ3v) is 2.68. The van der Waals surface area contributed by atoms with E-state index in [9.17, 15) is 4.79 Å². The molecule has 0 amide bonds. The van der Waals surface area contributed by atoms with Gasteiger partial charge < -0.3 is 10.5 Å². The summed E-state index contributed by atoms with van der Waals surface area (Å²) < 4.78 is 4.90. The van der Waals surface area contributed by atoms with Crippen LogP contribution in [0.4, 0.5) is 5.69 Å². The number of nitrogens with two attached hydrogens (primary N) is 1. The number of aryl methyl sites for hydroxylation is 1. The summed E-state index contributed by atoms with van der Waals surface area (Å²) >= 11 is 0. The van der Waals surface area contributed by atoms with Crippen LogP contribution < -0.4 is 5.73 Å². The van der Waals surface area contributed by atoms with E-state index < -0.39 is 5.97 Å². The lowest BCUT2D eigenvalue weighted by Gasteiger charge is -2.03. The average Bonchev–Trinajstić information content (AvgIpc) is 2.72. The van der Waals surface area contributed by atoms with Crippen LogP contribution in [0.5, 0.6) is 0 Å². The summed E-state index contributed by atoms with van der Waals surface area (Å²) in [5.41, 5.74) is 9.00. The molecule has 0 fully saturated rings.